The molecular weight excluding hydrogens is 392 g/mol. The maximum Gasteiger partial charge on any atom is 0.337 e. The van der Waals surface area contributed by atoms with E-state index in [9.17, 15) is 4.79 Å². The van der Waals surface area contributed by atoms with Gasteiger partial charge in [0.15, 0.2) is 0 Å². The van der Waals surface area contributed by atoms with Crippen LogP contribution in [-0.4, -0.2) is 36.8 Å². The van der Waals surface area contributed by atoms with Crippen LogP contribution >= 0.6 is 0 Å². The number of carbonyl (C=O) groups is 1. The zero-order valence-electron chi connectivity index (χ0n) is 17.5. The number of hydrogen-bond acceptors (Lipinski definition) is 6. The number of anilines is 3. The number of fused-ring (bicyclic) bond motifs is 1. The minimum atomic E-state index is -0.947. The van der Waals surface area contributed by atoms with Crippen LogP contribution in [0.4, 0.5) is 17.1 Å². The third kappa shape index (κ3) is 5.31. The van der Waals surface area contributed by atoms with E-state index in [1.807, 2.05) is 31.3 Å². The van der Waals surface area contributed by atoms with Crippen molar-refractivity contribution in [3.05, 3.63) is 77.6 Å². The topological polar surface area (TPSA) is 98.5 Å². The Labute approximate surface area is 181 Å². The van der Waals surface area contributed by atoms with Crippen LogP contribution < -0.4 is 15.0 Å². The highest BCUT2D eigenvalue weighted by Gasteiger charge is 2.13. The molecule has 2 N–H and O–H groups in total. The Hall–Kier alpha value is -4.05. The van der Waals surface area contributed by atoms with Crippen LogP contribution in [0, 0.1) is 11.3 Å². The molecule has 158 valence electrons. The number of rotatable bonds is 4. The lowest BCUT2D eigenvalue weighted by Gasteiger charge is -2.23. The largest absolute Gasteiger partial charge is 0.493 e. The molecule has 0 radical (unpaired) electrons. The summed E-state index contributed by atoms with van der Waals surface area (Å²) in [6.45, 7) is 0.796. The number of aromatic carboxylic acids is 1. The number of carboxylic acids is 1. The molecule has 7 nitrogen and oxygen atoms in total. The molecule has 0 spiro atoms. The minimum Gasteiger partial charge on any atom is -0.493 e. The molecule has 0 atom stereocenters. The Morgan fingerprint density at radius 1 is 1.23 bits per heavy atom. The lowest BCUT2D eigenvalue weighted by atomic mass is 10.1. The fourth-order valence-electron chi connectivity index (χ4n) is 3.25. The molecule has 3 aromatic rings. The van der Waals surface area contributed by atoms with Gasteiger partial charge in [0.05, 0.1) is 35.7 Å². The van der Waals surface area contributed by atoms with Crippen molar-refractivity contribution in [2.45, 2.75) is 12.8 Å². The fraction of sp³-hybridized carbons (Fsp3) is 0.208. The molecule has 0 unspecified atom stereocenters. The van der Waals surface area contributed by atoms with E-state index in [1.54, 1.807) is 7.05 Å². The van der Waals surface area contributed by atoms with Gasteiger partial charge in [0, 0.05) is 37.7 Å². The molecule has 0 saturated carbocycles. The van der Waals surface area contributed by atoms with Gasteiger partial charge < -0.3 is 20.1 Å². The average Bonchev–Trinajstić information content (AvgIpc) is 2.83. The second-order valence-electron chi connectivity index (χ2n) is 6.94. The summed E-state index contributed by atoms with van der Waals surface area (Å²) in [5, 5.41) is 20.3. The van der Waals surface area contributed by atoms with Crippen molar-refractivity contribution >= 4 is 23.0 Å². The Bertz CT molecular complexity index is 1110. The van der Waals surface area contributed by atoms with Gasteiger partial charge in [-0.3, -0.25) is 4.98 Å². The number of ether oxygens (including phenoxy) is 1. The van der Waals surface area contributed by atoms with Gasteiger partial charge in [-0.25, -0.2) is 4.79 Å². The molecule has 2 heterocycles. The number of hydrogen-bond donors (Lipinski definition) is 2. The van der Waals surface area contributed by atoms with Crippen LogP contribution in [-0.2, 0) is 6.42 Å². The van der Waals surface area contributed by atoms with E-state index >= 15 is 0 Å². The lowest BCUT2D eigenvalue weighted by Crippen LogP contribution is -2.12. The van der Waals surface area contributed by atoms with Crippen molar-refractivity contribution in [3.8, 4) is 11.8 Å². The summed E-state index contributed by atoms with van der Waals surface area (Å²) in [7, 11) is 3.66. The van der Waals surface area contributed by atoms with Gasteiger partial charge in [-0.15, -0.1) is 0 Å². The number of nitriles is 1. The molecule has 7 heteroatoms. The van der Waals surface area contributed by atoms with E-state index in [0.29, 0.717) is 11.3 Å². The van der Waals surface area contributed by atoms with E-state index in [0.717, 1.165) is 36.6 Å². The molecular formula is C24H24N4O3. The van der Waals surface area contributed by atoms with Gasteiger partial charge >= 0.3 is 5.97 Å². The monoisotopic (exact) mass is 416 g/mol. The SMILES string of the molecule is CN(c1cccc(C#N)c1)c1ccc2c(c1)OCCC2.CNc1cnccc1C(=O)O. The molecule has 1 aliphatic rings. The molecule has 0 aliphatic carbocycles. The average molecular weight is 416 g/mol. The smallest absolute Gasteiger partial charge is 0.337 e. The molecule has 1 aliphatic heterocycles. The van der Waals surface area contributed by atoms with Gasteiger partial charge in [-0.1, -0.05) is 12.1 Å². The molecule has 4 rings (SSSR count). The van der Waals surface area contributed by atoms with Gasteiger partial charge in [0.25, 0.3) is 0 Å². The number of aryl methyl sites for hydroxylation is 1. The summed E-state index contributed by atoms with van der Waals surface area (Å²) in [6, 6.07) is 17.5. The maximum absolute atomic E-state index is 10.5. The molecule has 0 fully saturated rings. The Kier molecular flexibility index (Phi) is 7.07. The van der Waals surface area contributed by atoms with Crippen LogP contribution in [0.3, 0.4) is 0 Å². The highest BCUT2D eigenvalue weighted by atomic mass is 16.5. The van der Waals surface area contributed by atoms with Crippen LogP contribution in [0.15, 0.2) is 60.9 Å². The van der Waals surface area contributed by atoms with Crippen molar-refractivity contribution in [1.29, 1.82) is 5.26 Å². The van der Waals surface area contributed by atoms with Crippen molar-refractivity contribution in [1.82, 2.24) is 4.98 Å². The standard InChI is InChI=1S/C17H16N2O.C7H8N2O2/c1-19(15-6-2-4-13(10-15)12-18)16-8-7-14-5-3-9-20-17(14)11-16;1-8-6-4-9-3-2-5(6)7(10)11/h2,4,6-8,10-11H,3,5,9H2,1H3;2-4,8H,1H3,(H,10,11). The van der Waals surface area contributed by atoms with Crippen LogP contribution in [0.25, 0.3) is 0 Å². The van der Waals surface area contributed by atoms with Crippen molar-refractivity contribution in [2.24, 2.45) is 0 Å². The number of nitrogens with zero attached hydrogens (tertiary/aromatic N) is 3. The molecule has 0 saturated heterocycles. The Morgan fingerprint density at radius 3 is 2.74 bits per heavy atom. The van der Waals surface area contributed by atoms with E-state index in [-0.39, 0.29) is 5.56 Å². The number of benzene rings is 2. The zero-order valence-corrected chi connectivity index (χ0v) is 17.5. The summed E-state index contributed by atoms with van der Waals surface area (Å²) in [5.74, 6) is 0.0359. The fourth-order valence-corrected chi connectivity index (χ4v) is 3.25. The summed E-state index contributed by atoms with van der Waals surface area (Å²) >= 11 is 0. The van der Waals surface area contributed by atoms with E-state index in [1.165, 1.54) is 24.0 Å². The highest BCUT2D eigenvalue weighted by Crippen LogP contribution is 2.32. The predicted octanol–water partition coefficient (Wildman–Crippen LogP) is 4.47. The second kappa shape index (κ2) is 10.1. The number of pyridine rings is 1. The third-order valence-electron chi connectivity index (χ3n) is 4.97. The molecule has 31 heavy (non-hydrogen) atoms. The van der Waals surface area contributed by atoms with Crippen molar-refractivity contribution in [3.63, 3.8) is 0 Å². The quantitative estimate of drug-likeness (QED) is 0.647. The first-order valence-corrected chi connectivity index (χ1v) is 9.88. The van der Waals surface area contributed by atoms with Crippen LogP contribution in [0.5, 0.6) is 5.75 Å². The summed E-state index contributed by atoms with van der Waals surface area (Å²) in [5.41, 5.74) is 4.78. The van der Waals surface area contributed by atoms with Gasteiger partial charge in [-0.2, -0.15) is 5.26 Å². The van der Waals surface area contributed by atoms with Gasteiger partial charge in [0.2, 0.25) is 0 Å². The number of nitrogens with one attached hydrogen (secondary N) is 1. The summed E-state index contributed by atoms with van der Waals surface area (Å²) in [6.07, 6.45) is 5.10. The van der Waals surface area contributed by atoms with Crippen molar-refractivity contribution < 1.29 is 14.6 Å². The number of aromatic nitrogens is 1. The first-order chi connectivity index (χ1) is 15.0. The van der Waals surface area contributed by atoms with Crippen LogP contribution in [0.2, 0.25) is 0 Å². The van der Waals surface area contributed by atoms with Gasteiger partial charge in [-0.05, 0) is 48.7 Å². The van der Waals surface area contributed by atoms with Crippen molar-refractivity contribution in [2.75, 3.05) is 30.9 Å². The third-order valence-corrected chi connectivity index (χ3v) is 4.97. The zero-order chi connectivity index (χ0) is 22.2. The molecule has 0 amide bonds. The van der Waals surface area contributed by atoms with Crippen LogP contribution in [0.1, 0.15) is 27.9 Å². The van der Waals surface area contributed by atoms with E-state index < -0.39 is 5.97 Å². The Morgan fingerprint density at radius 2 is 2.03 bits per heavy atom. The Balaban J connectivity index is 0.000000210. The minimum absolute atomic E-state index is 0.238. The first-order valence-electron chi connectivity index (χ1n) is 9.88. The second-order valence-corrected chi connectivity index (χ2v) is 6.94. The van der Waals surface area contributed by atoms with E-state index in [2.05, 4.69) is 39.5 Å². The molecule has 1 aromatic heterocycles. The summed E-state index contributed by atoms with van der Waals surface area (Å²) in [4.78, 5) is 16.4. The van der Waals surface area contributed by atoms with Gasteiger partial charge in [0.1, 0.15) is 5.75 Å². The maximum atomic E-state index is 10.5. The molecule has 0 bridgehead atoms. The summed E-state index contributed by atoms with van der Waals surface area (Å²) < 4.78 is 5.72. The number of carboxylic acid groups (broad SMARTS) is 1. The normalized spacial score (nSPS) is 11.6. The highest BCUT2D eigenvalue weighted by molar-refractivity contribution is 5.93. The predicted molar refractivity (Wildman–Crippen MR) is 120 cm³/mol. The first kappa shape index (κ1) is 21.7. The molecule has 2 aromatic carbocycles. The van der Waals surface area contributed by atoms with E-state index in [4.69, 9.17) is 15.1 Å². The lowest BCUT2D eigenvalue weighted by molar-refractivity contribution is 0.0698.